The third kappa shape index (κ3) is 3.84. The summed E-state index contributed by atoms with van der Waals surface area (Å²) in [6, 6.07) is 17.3. The highest BCUT2D eigenvalue weighted by Crippen LogP contribution is 2.36. The summed E-state index contributed by atoms with van der Waals surface area (Å²) in [5.74, 6) is 0.713. The quantitative estimate of drug-likeness (QED) is 0.839. The zero-order valence-electron chi connectivity index (χ0n) is 12.5. The Morgan fingerprint density at radius 2 is 1.67 bits per heavy atom. The van der Waals surface area contributed by atoms with E-state index in [-0.39, 0.29) is 0 Å². The monoisotopic (exact) mass is 286 g/mol. The number of benzene rings is 2. The molecule has 21 heavy (non-hydrogen) atoms. The van der Waals surface area contributed by atoms with E-state index in [4.69, 9.17) is 9.47 Å². The number of methoxy groups -OCH3 is 1. The van der Waals surface area contributed by atoms with E-state index in [2.05, 4.69) is 6.92 Å². The van der Waals surface area contributed by atoms with E-state index in [9.17, 15) is 5.11 Å². The van der Waals surface area contributed by atoms with Gasteiger partial charge in [0, 0.05) is 12.7 Å². The van der Waals surface area contributed by atoms with Crippen molar-refractivity contribution in [3.8, 4) is 5.75 Å². The van der Waals surface area contributed by atoms with Gasteiger partial charge in [0.2, 0.25) is 0 Å². The molecule has 0 aromatic heterocycles. The molecule has 2 atom stereocenters. The van der Waals surface area contributed by atoms with Crippen LogP contribution in [0.25, 0.3) is 0 Å². The SMILES string of the molecule is CCCOc1ccccc1C(O)C(OC)c1ccccc1. The lowest BCUT2D eigenvalue weighted by atomic mass is 9.97. The third-order valence-corrected chi connectivity index (χ3v) is 3.37. The minimum absolute atomic E-state index is 0.419. The highest BCUT2D eigenvalue weighted by Gasteiger charge is 2.25. The van der Waals surface area contributed by atoms with E-state index >= 15 is 0 Å². The van der Waals surface area contributed by atoms with Crippen LogP contribution in [0.2, 0.25) is 0 Å². The molecule has 3 nitrogen and oxygen atoms in total. The molecule has 0 aliphatic rings. The lowest BCUT2D eigenvalue weighted by molar-refractivity contribution is -0.0161. The predicted molar refractivity (Wildman–Crippen MR) is 83.4 cm³/mol. The Kier molecular flexibility index (Phi) is 5.78. The van der Waals surface area contributed by atoms with Gasteiger partial charge in [-0.25, -0.2) is 0 Å². The van der Waals surface area contributed by atoms with Crippen molar-refractivity contribution in [2.75, 3.05) is 13.7 Å². The molecule has 0 saturated heterocycles. The summed E-state index contributed by atoms with van der Waals surface area (Å²) in [4.78, 5) is 0. The van der Waals surface area contributed by atoms with Crippen LogP contribution in [-0.4, -0.2) is 18.8 Å². The average Bonchev–Trinajstić information content (AvgIpc) is 2.55. The van der Waals surface area contributed by atoms with E-state index in [1.807, 2.05) is 54.6 Å². The molecule has 0 aliphatic carbocycles. The van der Waals surface area contributed by atoms with Crippen molar-refractivity contribution in [1.82, 2.24) is 0 Å². The predicted octanol–water partition coefficient (Wildman–Crippen LogP) is 3.90. The van der Waals surface area contributed by atoms with Gasteiger partial charge in [-0.05, 0) is 18.1 Å². The Hall–Kier alpha value is -1.84. The minimum Gasteiger partial charge on any atom is -0.493 e. The van der Waals surface area contributed by atoms with Crippen LogP contribution in [0.5, 0.6) is 5.75 Å². The fraction of sp³-hybridized carbons (Fsp3) is 0.333. The second kappa shape index (κ2) is 7.81. The molecule has 1 N–H and O–H groups in total. The molecule has 2 rings (SSSR count). The Bertz CT molecular complexity index is 539. The van der Waals surface area contributed by atoms with Gasteiger partial charge in [0.05, 0.1) is 6.61 Å². The van der Waals surface area contributed by atoms with Gasteiger partial charge >= 0.3 is 0 Å². The largest absolute Gasteiger partial charge is 0.493 e. The van der Waals surface area contributed by atoms with E-state index in [1.165, 1.54) is 0 Å². The van der Waals surface area contributed by atoms with E-state index in [1.54, 1.807) is 7.11 Å². The first-order valence-electron chi connectivity index (χ1n) is 7.25. The van der Waals surface area contributed by atoms with Gasteiger partial charge in [0.25, 0.3) is 0 Å². The molecule has 0 fully saturated rings. The van der Waals surface area contributed by atoms with Gasteiger partial charge in [0.1, 0.15) is 18.0 Å². The second-order valence-corrected chi connectivity index (χ2v) is 4.90. The molecule has 2 aromatic carbocycles. The van der Waals surface area contributed by atoms with Crippen molar-refractivity contribution < 1.29 is 14.6 Å². The van der Waals surface area contributed by atoms with Crippen LogP contribution in [0.1, 0.15) is 36.7 Å². The number of aliphatic hydroxyl groups excluding tert-OH is 1. The van der Waals surface area contributed by atoms with Gasteiger partial charge in [-0.2, -0.15) is 0 Å². The number of hydrogen-bond acceptors (Lipinski definition) is 3. The molecule has 112 valence electrons. The van der Waals surface area contributed by atoms with Crippen molar-refractivity contribution in [3.63, 3.8) is 0 Å². The van der Waals surface area contributed by atoms with Gasteiger partial charge in [-0.3, -0.25) is 0 Å². The number of aliphatic hydroxyl groups is 1. The highest BCUT2D eigenvalue weighted by atomic mass is 16.5. The maximum absolute atomic E-state index is 10.7. The van der Waals surface area contributed by atoms with Crippen LogP contribution in [0.3, 0.4) is 0 Å². The average molecular weight is 286 g/mol. The van der Waals surface area contributed by atoms with E-state index < -0.39 is 12.2 Å². The number of para-hydroxylation sites is 1. The molecule has 0 radical (unpaired) electrons. The van der Waals surface area contributed by atoms with Gasteiger partial charge in [0.15, 0.2) is 0 Å². The molecule has 0 saturated carbocycles. The van der Waals surface area contributed by atoms with Crippen LogP contribution in [0.15, 0.2) is 54.6 Å². The summed E-state index contributed by atoms with van der Waals surface area (Å²) >= 11 is 0. The Labute approximate surface area is 126 Å². The molecule has 2 aromatic rings. The van der Waals surface area contributed by atoms with Crippen molar-refractivity contribution in [3.05, 3.63) is 65.7 Å². The smallest absolute Gasteiger partial charge is 0.125 e. The summed E-state index contributed by atoms with van der Waals surface area (Å²) in [6.07, 6.45) is -0.264. The summed E-state index contributed by atoms with van der Waals surface area (Å²) in [5, 5.41) is 10.7. The van der Waals surface area contributed by atoms with Gasteiger partial charge < -0.3 is 14.6 Å². The molecular weight excluding hydrogens is 264 g/mol. The molecule has 0 bridgehead atoms. The number of hydrogen-bond donors (Lipinski definition) is 1. The van der Waals surface area contributed by atoms with Gasteiger partial charge in [-0.15, -0.1) is 0 Å². The maximum atomic E-state index is 10.7. The van der Waals surface area contributed by atoms with Crippen LogP contribution in [0.4, 0.5) is 0 Å². The Balaban J connectivity index is 2.27. The molecular formula is C18H22O3. The summed E-state index contributed by atoms with van der Waals surface area (Å²) in [7, 11) is 1.61. The van der Waals surface area contributed by atoms with Crippen molar-refractivity contribution in [2.24, 2.45) is 0 Å². The topological polar surface area (TPSA) is 38.7 Å². The fourth-order valence-corrected chi connectivity index (χ4v) is 2.32. The van der Waals surface area contributed by atoms with Crippen LogP contribution in [-0.2, 0) is 4.74 Å². The fourth-order valence-electron chi connectivity index (χ4n) is 2.32. The molecule has 0 heterocycles. The van der Waals surface area contributed by atoms with E-state index in [0.29, 0.717) is 12.4 Å². The normalized spacial score (nSPS) is 13.7. The van der Waals surface area contributed by atoms with Crippen LogP contribution < -0.4 is 4.74 Å². The summed E-state index contributed by atoms with van der Waals surface area (Å²) < 4.78 is 11.2. The maximum Gasteiger partial charge on any atom is 0.125 e. The first kappa shape index (κ1) is 15.5. The molecule has 0 aliphatic heterocycles. The molecule has 2 unspecified atom stereocenters. The Morgan fingerprint density at radius 3 is 2.33 bits per heavy atom. The van der Waals surface area contributed by atoms with Crippen LogP contribution >= 0.6 is 0 Å². The zero-order valence-corrected chi connectivity index (χ0v) is 12.5. The van der Waals surface area contributed by atoms with E-state index in [0.717, 1.165) is 17.5 Å². The third-order valence-electron chi connectivity index (χ3n) is 3.37. The number of rotatable bonds is 7. The standard InChI is InChI=1S/C18H22O3/c1-3-13-21-16-12-8-7-11-15(16)17(19)18(20-2)14-9-5-4-6-10-14/h4-12,17-19H,3,13H2,1-2H3. The first-order valence-corrected chi connectivity index (χ1v) is 7.25. The zero-order chi connectivity index (χ0) is 15.1. The molecule has 3 heteroatoms. The Morgan fingerprint density at radius 1 is 1.00 bits per heavy atom. The molecule has 0 spiro atoms. The van der Waals surface area contributed by atoms with Crippen LogP contribution in [0, 0.1) is 0 Å². The molecule has 0 amide bonds. The minimum atomic E-state index is -0.773. The first-order chi connectivity index (χ1) is 10.3. The summed E-state index contributed by atoms with van der Waals surface area (Å²) in [6.45, 7) is 2.69. The van der Waals surface area contributed by atoms with Crippen molar-refractivity contribution in [1.29, 1.82) is 0 Å². The number of ether oxygens (including phenoxy) is 2. The van der Waals surface area contributed by atoms with Crippen molar-refractivity contribution in [2.45, 2.75) is 25.6 Å². The second-order valence-electron chi connectivity index (χ2n) is 4.90. The summed E-state index contributed by atoms with van der Waals surface area (Å²) in [5.41, 5.74) is 1.69. The van der Waals surface area contributed by atoms with Gasteiger partial charge in [-0.1, -0.05) is 55.5 Å². The lowest BCUT2D eigenvalue weighted by Crippen LogP contribution is -2.14. The lowest BCUT2D eigenvalue weighted by Gasteiger charge is -2.24. The highest BCUT2D eigenvalue weighted by molar-refractivity contribution is 5.37. The van der Waals surface area contributed by atoms with Crippen molar-refractivity contribution >= 4 is 0 Å².